The summed E-state index contributed by atoms with van der Waals surface area (Å²) in [5.41, 5.74) is 4.04. The first kappa shape index (κ1) is 16.4. The summed E-state index contributed by atoms with van der Waals surface area (Å²) in [7, 11) is 2.22. The maximum Gasteiger partial charge on any atom is 0.0580 e. The van der Waals surface area contributed by atoms with E-state index in [1.807, 2.05) is 6.07 Å². The maximum absolute atomic E-state index is 6.27. The molecule has 2 atom stereocenters. The number of likely N-dealkylation sites (tertiary alicyclic amines) is 1. The van der Waals surface area contributed by atoms with Crippen LogP contribution >= 0.6 is 27.5 Å². The Morgan fingerprint density at radius 2 is 2.00 bits per heavy atom. The molecular weight excluding hydrogens is 384 g/mol. The van der Waals surface area contributed by atoms with Crippen molar-refractivity contribution < 1.29 is 0 Å². The molecule has 0 bridgehead atoms. The average molecular weight is 406 g/mol. The molecule has 4 rings (SSSR count). The zero-order valence-electron chi connectivity index (χ0n) is 13.8. The van der Waals surface area contributed by atoms with Gasteiger partial charge in [-0.25, -0.2) is 0 Å². The number of rotatable bonds is 1. The summed E-state index contributed by atoms with van der Waals surface area (Å²) >= 11 is 9.88. The maximum atomic E-state index is 6.27. The van der Waals surface area contributed by atoms with E-state index in [4.69, 9.17) is 11.6 Å². The van der Waals surface area contributed by atoms with Crippen molar-refractivity contribution in [3.05, 3.63) is 62.8 Å². The third kappa shape index (κ3) is 3.10. The quantitative estimate of drug-likeness (QED) is 0.713. The SMILES string of the molecule is CN1CCC(C2c3ccc(Cl)cc3C=CC3=CC(Br)=CNC32)CC1. The number of benzene rings is 1. The lowest BCUT2D eigenvalue weighted by Gasteiger charge is -2.40. The van der Waals surface area contributed by atoms with Crippen molar-refractivity contribution in [2.24, 2.45) is 5.92 Å². The van der Waals surface area contributed by atoms with Crippen LogP contribution in [0.25, 0.3) is 6.08 Å². The minimum Gasteiger partial charge on any atom is -0.383 e. The van der Waals surface area contributed by atoms with Gasteiger partial charge in [0.15, 0.2) is 0 Å². The van der Waals surface area contributed by atoms with E-state index < -0.39 is 0 Å². The van der Waals surface area contributed by atoms with Crippen LogP contribution in [-0.4, -0.2) is 31.1 Å². The monoisotopic (exact) mass is 404 g/mol. The Morgan fingerprint density at radius 1 is 1.21 bits per heavy atom. The highest BCUT2D eigenvalue weighted by Crippen LogP contribution is 2.43. The third-order valence-electron chi connectivity index (χ3n) is 5.56. The van der Waals surface area contributed by atoms with E-state index in [0.717, 1.165) is 9.51 Å². The first-order chi connectivity index (χ1) is 11.6. The molecule has 0 amide bonds. The van der Waals surface area contributed by atoms with Crippen LogP contribution in [-0.2, 0) is 0 Å². The Balaban J connectivity index is 1.78. The first-order valence-electron chi connectivity index (χ1n) is 8.61. The lowest BCUT2D eigenvalue weighted by molar-refractivity contribution is 0.188. The van der Waals surface area contributed by atoms with E-state index in [1.165, 1.54) is 42.6 Å². The van der Waals surface area contributed by atoms with Gasteiger partial charge in [0.1, 0.15) is 0 Å². The van der Waals surface area contributed by atoms with Crippen molar-refractivity contribution >= 4 is 33.6 Å². The van der Waals surface area contributed by atoms with E-state index in [1.54, 1.807) is 0 Å². The fourth-order valence-corrected chi connectivity index (χ4v) is 4.87. The molecule has 3 aliphatic rings. The van der Waals surface area contributed by atoms with Crippen molar-refractivity contribution in [1.29, 1.82) is 0 Å². The second-order valence-electron chi connectivity index (χ2n) is 7.09. The van der Waals surface area contributed by atoms with Gasteiger partial charge >= 0.3 is 0 Å². The van der Waals surface area contributed by atoms with Crippen molar-refractivity contribution in [1.82, 2.24) is 10.2 Å². The molecule has 0 saturated carbocycles. The Labute approximate surface area is 157 Å². The molecule has 2 heterocycles. The molecule has 4 heteroatoms. The van der Waals surface area contributed by atoms with Gasteiger partial charge in [0.2, 0.25) is 0 Å². The van der Waals surface area contributed by atoms with Gasteiger partial charge in [-0.3, -0.25) is 0 Å². The molecule has 2 nitrogen and oxygen atoms in total. The molecule has 1 aromatic rings. The van der Waals surface area contributed by atoms with Crippen LogP contribution in [0.15, 0.2) is 46.6 Å². The zero-order valence-corrected chi connectivity index (χ0v) is 16.1. The molecule has 126 valence electrons. The van der Waals surface area contributed by atoms with E-state index in [9.17, 15) is 0 Å². The van der Waals surface area contributed by atoms with Crippen LogP contribution in [0.2, 0.25) is 5.02 Å². The second-order valence-corrected chi connectivity index (χ2v) is 8.44. The number of dihydropyridines is 1. The number of piperidine rings is 1. The molecule has 0 spiro atoms. The van der Waals surface area contributed by atoms with Gasteiger partial charge in [-0.1, -0.05) is 29.8 Å². The van der Waals surface area contributed by atoms with Crippen LogP contribution in [0.3, 0.4) is 0 Å². The Kier molecular flexibility index (Phi) is 4.59. The fourth-order valence-electron chi connectivity index (χ4n) is 4.29. The molecule has 1 fully saturated rings. The van der Waals surface area contributed by atoms with Crippen molar-refractivity contribution in [2.45, 2.75) is 24.8 Å². The van der Waals surface area contributed by atoms with Crippen LogP contribution in [0.5, 0.6) is 0 Å². The van der Waals surface area contributed by atoms with Gasteiger partial charge in [-0.15, -0.1) is 0 Å². The lowest BCUT2D eigenvalue weighted by Crippen LogP contribution is -2.42. The first-order valence-corrected chi connectivity index (χ1v) is 9.78. The molecule has 0 aromatic heterocycles. The number of halogens is 2. The number of nitrogens with one attached hydrogen (secondary N) is 1. The molecule has 24 heavy (non-hydrogen) atoms. The molecule has 1 saturated heterocycles. The van der Waals surface area contributed by atoms with E-state index >= 15 is 0 Å². The summed E-state index contributed by atoms with van der Waals surface area (Å²) in [4.78, 5) is 2.44. The van der Waals surface area contributed by atoms with Crippen molar-refractivity contribution in [2.75, 3.05) is 20.1 Å². The number of allylic oxidation sites excluding steroid dienone is 2. The Bertz CT molecular complexity index is 729. The largest absolute Gasteiger partial charge is 0.383 e. The highest BCUT2D eigenvalue weighted by atomic mass is 79.9. The predicted octanol–water partition coefficient (Wildman–Crippen LogP) is 4.93. The minimum absolute atomic E-state index is 0.332. The number of nitrogens with zero attached hydrogens (tertiary/aromatic N) is 1. The topological polar surface area (TPSA) is 15.3 Å². The summed E-state index contributed by atoms with van der Waals surface area (Å²) in [5, 5.41) is 4.46. The fraction of sp³-hybridized carbons (Fsp3) is 0.400. The summed E-state index contributed by atoms with van der Waals surface area (Å²) < 4.78 is 1.10. The minimum atomic E-state index is 0.332. The molecule has 2 aliphatic heterocycles. The van der Waals surface area contributed by atoms with E-state index in [2.05, 4.69) is 69.8 Å². The van der Waals surface area contributed by atoms with Crippen molar-refractivity contribution in [3.8, 4) is 0 Å². The highest BCUT2D eigenvalue weighted by molar-refractivity contribution is 9.11. The molecule has 1 N–H and O–H groups in total. The average Bonchev–Trinajstić information content (AvgIpc) is 2.72. The number of fused-ring (bicyclic) bond motifs is 2. The predicted molar refractivity (Wildman–Crippen MR) is 105 cm³/mol. The number of hydrogen-bond acceptors (Lipinski definition) is 2. The van der Waals surface area contributed by atoms with Gasteiger partial charge < -0.3 is 10.2 Å². The van der Waals surface area contributed by atoms with Gasteiger partial charge in [-0.05, 0) is 89.7 Å². The lowest BCUT2D eigenvalue weighted by atomic mass is 9.73. The molecule has 1 aromatic carbocycles. The molecule has 2 unspecified atom stereocenters. The Hall–Kier alpha value is -1.03. The zero-order chi connectivity index (χ0) is 16.7. The van der Waals surface area contributed by atoms with E-state index in [0.29, 0.717) is 17.9 Å². The number of hydrogen-bond donors (Lipinski definition) is 1. The molecule has 1 aliphatic carbocycles. The van der Waals surface area contributed by atoms with E-state index in [-0.39, 0.29) is 0 Å². The van der Waals surface area contributed by atoms with Crippen LogP contribution in [0, 0.1) is 5.92 Å². The van der Waals surface area contributed by atoms with Gasteiger partial charge in [0.25, 0.3) is 0 Å². The summed E-state index contributed by atoms with van der Waals surface area (Å²) in [6.45, 7) is 2.37. The highest BCUT2D eigenvalue weighted by Gasteiger charge is 2.36. The third-order valence-corrected chi connectivity index (χ3v) is 6.25. The normalized spacial score (nSPS) is 27.5. The summed E-state index contributed by atoms with van der Waals surface area (Å²) in [5.74, 6) is 1.16. The van der Waals surface area contributed by atoms with Gasteiger partial charge in [-0.2, -0.15) is 0 Å². The van der Waals surface area contributed by atoms with Gasteiger partial charge in [0.05, 0.1) is 6.04 Å². The van der Waals surface area contributed by atoms with Crippen LogP contribution < -0.4 is 5.32 Å². The smallest absolute Gasteiger partial charge is 0.0580 e. The van der Waals surface area contributed by atoms with Crippen molar-refractivity contribution in [3.63, 3.8) is 0 Å². The molecular formula is C20H22BrClN2. The summed E-state index contributed by atoms with van der Waals surface area (Å²) in [6.07, 6.45) is 11.3. The molecule has 0 radical (unpaired) electrons. The summed E-state index contributed by atoms with van der Waals surface area (Å²) in [6, 6.07) is 6.72. The second kappa shape index (κ2) is 6.70. The van der Waals surface area contributed by atoms with Crippen LogP contribution in [0.1, 0.15) is 29.9 Å². The Morgan fingerprint density at radius 3 is 2.79 bits per heavy atom. The van der Waals surface area contributed by atoms with Gasteiger partial charge in [0, 0.05) is 21.6 Å². The van der Waals surface area contributed by atoms with Crippen LogP contribution in [0.4, 0.5) is 0 Å². The standard InChI is InChI=1S/C20H22BrClN2/c1-24-8-6-13(7-9-24)19-18-5-4-17(22)11-14(18)2-3-15-10-16(21)12-23-20(15)19/h2-5,10-13,19-20,23H,6-9H2,1H3.